The average molecular weight is 142 g/mol. The molecule has 0 fully saturated rings. The van der Waals surface area contributed by atoms with Gasteiger partial charge in [-0.15, -0.1) is 0 Å². The molecule has 26 valence electrons. The molecule has 4 heavy (non-hydrogen) atoms. The maximum Gasteiger partial charge on any atom is 2.00 e. The van der Waals surface area contributed by atoms with Crippen LogP contribution in [0, 0.1) is 0 Å². The van der Waals surface area contributed by atoms with E-state index in [9.17, 15) is 0 Å². The fourth-order valence-electron chi connectivity index (χ4n) is 0. The molecule has 0 unspecified atom stereocenters. The summed E-state index contributed by atoms with van der Waals surface area (Å²) >= 11 is 0. The van der Waals surface area contributed by atoms with E-state index in [1.807, 2.05) is 0 Å². The molecule has 0 aliphatic carbocycles. The predicted molar refractivity (Wildman–Crippen MR) is 1.80 cm³/mol. The minimum atomic E-state index is 0. The molecule has 0 aliphatic heterocycles. The Morgan fingerprint density at radius 2 is 1.25 bits per heavy atom. The summed E-state index contributed by atoms with van der Waals surface area (Å²) < 4.78 is 0. The predicted octanol–water partition coefficient (Wildman–Crippen LogP) is -3.01. The summed E-state index contributed by atoms with van der Waals surface area (Å²) in [5.74, 6) is 0. The van der Waals surface area contributed by atoms with Crippen LogP contribution in [0.2, 0.25) is 0 Å². The first-order valence-corrected chi connectivity index (χ1v) is 0. The Labute approximate surface area is 59.8 Å². The molecule has 0 rings (SSSR count). The second kappa shape index (κ2) is 23.3. The zero-order chi connectivity index (χ0) is 0. The molecule has 0 aromatic rings. The number of hydrogen-bond acceptors (Lipinski definition) is 0. The minimum Gasteiger partial charge on any atom is -2.00 e. The third kappa shape index (κ3) is 9.51. The van der Waals surface area contributed by atoms with Gasteiger partial charge in [-0.25, -0.2) is 0 Å². The largest absolute Gasteiger partial charge is 2.00 e. The Kier molecular flexibility index (Phi) is 271. The van der Waals surface area contributed by atoms with E-state index in [0.29, 0.717) is 0 Å². The standard InChI is InChI=1S/Cu.Li.Mn.O.H/q;+1;+2;-2;-1. The summed E-state index contributed by atoms with van der Waals surface area (Å²) in [6.45, 7) is 0. The van der Waals surface area contributed by atoms with Crippen LogP contribution in [0.4, 0.5) is 0 Å². The molecule has 0 N–H and O–H groups in total. The average Bonchev–Trinajstić information content (AvgIpc) is 0. The van der Waals surface area contributed by atoms with E-state index in [2.05, 4.69) is 0 Å². The van der Waals surface area contributed by atoms with Crippen LogP contribution < -0.4 is 18.9 Å². The molecule has 0 saturated carbocycles. The molecule has 0 heterocycles. The molecule has 0 aromatic heterocycles. The van der Waals surface area contributed by atoms with Gasteiger partial charge in [-0.2, -0.15) is 0 Å². The van der Waals surface area contributed by atoms with Crippen molar-refractivity contribution in [1.82, 2.24) is 0 Å². The molecule has 2 radical (unpaired) electrons. The summed E-state index contributed by atoms with van der Waals surface area (Å²) in [4.78, 5) is 0. The molecule has 4 heteroatoms. The molecular weight excluding hydrogens is 141 g/mol. The Bertz CT molecular complexity index is 11.6. The van der Waals surface area contributed by atoms with Gasteiger partial charge in [0.2, 0.25) is 0 Å². The van der Waals surface area contributed by atoms with Crippen LogP contribution in [-0.2, 0) is 39.6 Å². The first kappa shape index (κ1) is 46.4. The van der Waals surface area contributed by atoms with Gasteiger partial charge in [0.25, 0.3) is 0 Å². The van der Waals surface area contributed by atoms with E-state index in [0.717, 1.165) is 0 Å². The molecule has 0 spiro atoms. The summed E-state index contributed by atoms with van der Waals surface area (Å²) in [6, 6.07) is 0. The molecule has 1 nitrogen and oxygen atoms in total. The molecule has 0 bridgehead atoms. The van der Waals surface area contributed by atoms with Crippen molar-refractivity contribution in [3.8, 4) is 0 Å². The quantitative estimate of drug-likeness (QED) is 0.323. The maximum absolute atomic E-state index is 0. The van der Waals surface area contributed by atoms with Gasteiger partial charge in [0.05, 0.1) is 0 Å². The van der Waals surface area contributed by atoms with Gasteiger partial charge in [0, 0.05) is 17.1 Å². The zero-order valence-electron chi connectivity index (χ0n) is 3.09. The maximum atomic E-state index is 0. The van der Waals surface area contributed by atoms with Crippen molar-refractivity contribution in [1.29, 1.82) is 0 Å². The van der Waals surface area contributed by atoms with Crippen LogP contribution in [0.3, 0.4) is 0 Å². The molecular formula is HCuLiMnO. The minimum absolute atomic E-state index is 0. The van der Waals surface area contributed by atoms with Gasteiger partial charge in [0.15, 0.2) is 0 Å². The van der Waals surface area contributed by atoms with Crippen molar-refractivity contribution in [3.05, 3.63) is 0 Å². The molecule has 0 atom stereocenters. The van der Waals surface area contributed by atoms with E-state index in [4.69, 9.17) is 0 Å². The van der Waals surface area contributed by atoms with E-state index in [1.54, 1.807) is 0 Å². The van der Waals surface area contributed by atoms with Gasteiger partial charge in [0.1, 0.15) is 0 Å². The summed E-state index contributed by atoms with van der Waals surface area (Å²) in [6.07, 6.45) is 0. The Hall–Kier alpha value is 1.60. The SMILES string of the molecule is [Cu].[H-].[Li+].[Mn+2].[O-2]. The number of rotatable bonds is 0. The van der Waals surface area contributed by atoms with E-state index in [1.165, 1.54) is 0 Å². The molecule has 0 saturated heterocycles. The Balaban J connectivity index is 0. The third-order valence-electron chi connectivity index (χ3n) is 0. The van der Waals surface area contributed by atoms with Gasteiger partial charge >= 0.3 is 35.9 Å². The van der Waals surface area contributed by atoms with Crippen molar-refractivity contribution in [3.63, 3.8) is 0 Å². The third-order valence-corrected chi connectivity index (χ3v) is 0. The van der Waals surface area contributed by atoms with E-state index in [-0.39, 0.29) is 59.9 Å². The zero-order valence-corrected chi connectivity index (χ0v) is 4.21. The molecule has 0 amide bonds. The van der Waals surface area contributed by atoms with E-state index < -0.39 is 0 Å². The van der Waals surface area contributed by atoms with Crippen molar-refractivity contribution in [2.45, 2.75) is 0 Å². The first-order chi connectivity index (χ1) is 0. The summed E-state index contributed by atoms with van der Waals surface area (Å²) in [5, 5.41) is 0. The number of hydrogen-bond donors (Lipinski definition) is 0. The molecule has 0 aromatic carbocycles. The second-order valence-corrected chi connectivity index (χ2v) is 0. The van der Waals surface area contributed by atoms with Crippen molar-refractivity contribution in [2.24, 2.45) is 0 Å². The smallest absolute Gasteiger partial charge is 2.00 e. The topological polar surface area (TPSA) is 28.5 Å². The van der Waals surface area contributed by atoms with Gasteiger partial charge in [-0.3, -0.25) is 0 Å². The monoisotopic (exact) mass is 142 g/mol. The van der Waals surface area contributed by atoms with Crippen molar-refractivity contribution < 1.29 is 59.9 Å². The van der Waals surface area contributed by atoms with Gasteiger partial charge < -0.3 is 6.90 Å². The van der Waals surface area contributed by atoms with Crippen LogP contribution >= 0.6 is 0 Å². The normalized spacial score (nSPS) is 0. The summed E-state index contributed by atoms with van der Waals surface area (Å²) in [7, 11) is 0. The fraction of sp³-hybridized carbons (Fsp3) is 0. The fourth-order valence-corrected chi connectivity index (χ4v) is 0. The van der Waals surface area contributed by atoms with E-state index >= 15 is 0 Å². The Morgan fingerprint density at radius 3 is 1.25 bits per heavy atom. The van der Waals surface area contributed by atoms with Crippen molar-refractivity contribution >= 4 is 0 Å². The van der Waals surface area contributed by atoms with Gasteiger partial charge in [-0.1, -0.05) is 0 Å². The second-order valence-electron chi connectivity index (χ2n) is 0. The summed E-state index contributed by atoms with van der Waals surface area (Å²) in [5.41, 5.74) is 0. The van der Waals surface area contributed by atoms with Crippen LogP contribution in [0.5, 0.6) is 0 Å². The van der Waals surface area contributed by atoms with Crippen LogP contribution in [0.1, 0.15) is 1.43 Å². The van der Waals surface area contributed by atoms with Crippen LogP contribution in [-0.4, -0.2) is 0 Å². The van der Waals surface area contributed by atoms with Crippen LogP contribution in [0.25, 0.3) is 0 Å². The first-order valence-electron chi connectivity index (χ1n) is 0. The van der Waals surface area contributed by atoms with Gasteiger partial charge in [-0.05, 0) is 0 Å². The van der Waals surface area contributed by atoms with Crippen molar-refractivity contribution in [2.75, 3.05) is 0 Å². The Morgan fingerprint density at radius 1 is 1.25 bits per heavy atom. The van der Waals surface area contributed by atoms with Crippen LogP contribution in [0.15, 0.2) is 0 Å². The molecule has 0 aliphatic rings.